The van der Waals surface area contributed by atoms with Crippen LogP contribution in [-0.2, 0) is 12.8 Å². The third kappa shape index (κ3) is 2.97. The smallest absolute Gasteiger partial charge is 0.0408 e. The molecule has 0 bridgehead atoms. The monoisotopic (exact) mass is 238 g/mol. The summed E-state index contributed by atoms with van der Waals surface area (Å²) in [6.45, 7) is 1.87. The maximum Gasteiger partial charge on any atom is 0.0408 e. The molecule has 88 valence electrons. The Hall–Kier alpha value is -0.570. The topological polar surface area (TPSA) is 38.0 Å². The summed E-state index contributed by atoms with van der Waals surface area (Å²) in [5, 5.41) is 4.43. The molecule has 1 unspecified atom stereocenters. The largest absolute Gasteiger partial charge is 0.330 e. The molecule has 3 N–H and O–H groups in total. The lowest BCUT2D eigenvalue weighted by atomic mass is 10.1. The minimum absolute atomic E-state index is 0.589. The molecule has 0 aromatic heterocycles. The number of hydrogen-bond acceptors (Lipinski definition) is 2. The number of halogens is 1. The second kappa shape index (κ2) is 5.67. The molecule has 1 aliphatic carbocycles. The van der Waals surface area contributed by atoms with Gasteiger partial charge in [0.2, 0.25) is 0 Å². The van der Waals surface area contributed by atoms with Gasteiger partial charge in [0.25, 0.3) is 0 Å². The molecule has 1 aliphatic rings. The van der Waals surface area contributed by atoms with Crippen LogP contribution in [0.2, 0.25) is 5.02 Å². The van der Waals surface area contributed by atoms with Crippen LogP contribution in [0.4, 0.5) is 0 Å². The van der Waals surface area contributed by atoms with Crippen LogP contribution in [0.15, 0.2) is 18.2 Å². The van der Waals surface area contributed by atoms with E-state index in [0.717, 1.165) is 37.4 Å². The maximum absolute atomic E-state index is 5.98. The van der Waals surface area contributed by atoms with E-state index in [1.165, 1.54) is 17.5 Å². The van der Waals surface area contributed by atoms with Gasteiger partial charge in [-0.1, -0.05) is 17.7 Å². The molecule has 16 heavy (non-hydrogen) atoms. The van der Waals surface area contributed by atoms with Gasteiger partial charge in [0.1, 0.15) is 0 Å². The second-order valence-electron chi connectivity index (χ2n) is 4.47. The normalized spacial score (nSPS) is 18.8. The highest BCUT2D eigenvalue weighted by Crippen LogP contribution is 2.25. The molecule has 1 aromatic carbocycles. The van der Waals surface area contributed by atoms with Crippen LogP contribution in [0.3, 0.4) is 0 Å². The zero-order chi connectivity index (χ0) is 11.4. The van der Waals surface area contributed by atoms with Gasteiger partial charge in [-0.05, 0) is 62.0 Å². The average Bonchev–Trinajstić information content (AvgIpc) is 2.66. The third-order valence-electron chi connectivity index (χ3n) is 3.16. The van der Waals surface area contributed by atoms with Crippen molar-refractivity contribution in [3.63, 3.8) is 0 Å². The highest BCUT2D eigenvalue weighted by atomic mass is 35.5. The van der Waals surface area contributed by atoms with Crippen molar-refractivity contribution < 1.29 is 0 Å². The van der Waals surface area contributed by atoms with Gasteiger partial charge < -0.3 is 11.1 Å². The first kappa shape index (κ1) is 11.9. The molecule has 1 aromatic rings. The summed E-state index contributed by atoms with van der Waals surface area (Å²) in [6.07, 6.45) is 4.52. The van der Waals surface area contributed by atoms with Crippen molar-refractivity contribution in [2.24, 2.45) is 5.73 Å². The number of rotatable bonds is 5. The highest BCUT2D eigenvalue weighted by Gasteiger charge is 2.20. The minimum atomic E-state index is 0.589. The Balaban J connectivity index is 1.81. The van der Waals surface area contributed by atoms with Crippen LogP contribution in [0, 0.1) is 0 Å². The number of hydrogen-bond donors (Lipinski definition) is 2. The fourth-order valence-electron chi connectivity index (χ4n) is 2.31. The first-order valence-electron chi connectivity index (χ1n) is 6.00. The van der Waals surface area contributed by atoms with E-state index in [1.54, 1.807) is 0 Å². The molecular weight excluding hydrogens is 220 g/mol. The van der Waals surface area contributed by atoms with E-state index in [9.17, 15) is 0 Å². The van der Waals surface area contributed by atoms with Gasteiger partial charge in [-0.15, -0.1) is 0 Å². The molecule has 2 nitrogen and oxygen atoms in total. The van der Waals surface area contributed by atoms with Crippen molar-refractivity contribution in [1.29, 1.82) is 0 Å². The number of unbranched alkanes of at least 4 members (excludes halogenated alkanes) is 1. The van der Waals surface area contributed by atoms with Gasteiger partial charge in [0.05, 0.1) is 0 Å². The van der Waals surface area contributed by atoms with Gasteiger partial charge in [-0.2, -0.15) is 0 Å². The average molecular weight is 239 g/mol. The first-order valence-corrected chi connectivity index (χ1v) is 6.38. The fraction of sp³-hybridized carbons (Fsp3) is 0.538. The molecule has 0 saturated heterocycles. The molecule has 0 heterocycles. The Labute approximate surface area is 102 Å². The van der Waals surface area contributed by atoms with E-state index >= 15 is 0 Å². The lowest BCUT2D eigenvalue weighted by molar-refractivity contribution is 0.516. The zero-order valence-electron chi connectivity index (χ0n) is 9.51. The fourth-order valence-corrected chi connectivity index (χ4v) is 2.50. The van der Waals surface area contributed by atoms with Crippen LogP contribution < -0.4 is 11.1 Å². The molecule has 0 amide bonds. The standard InChI is InChI=1S/C13H19ClN2/c14-12-4-3-10-8-13(9-11(10)7-12)16-6-2-1-5-15/h3-4,7,13,16H,1-2,5-6,8-9,15H2. The minimum Gasteiger partial charge on any atom is -0.330 e. The highest BCUT2D eigenvalue weighted by molar-refractivity contribution is 6.30. The van der Waals surface area contributed by atoms with Crippen LogP contribution in [0.1, 0.15) is 24.0 Å². The van der Waals surface area contributed by atoms with Gasteiger partial charge in [-0.3, -0.25) is 0 Å². The van der Waals surface area contributed by atoms with E-state index in [1.807, 2.05) is 6.07 Å². The lowest BCUT2D eigenvalue weighted by Crippen LogP contribution is -2.30. The molecular formula is C13H19ClN2. The Kier molecular flexibility index (Phi) is 4.22. The van der Waals surface area contributed by atoms with E-state index in [2.05, 4.69) is 17.4 Å². The Morgan fingerprint density at radius 1 is 1.25 bits per heavy atom. The summed E-state index contributed by atoms with van der Waals surface area (Å²) >= 11 is 5.98. The van der Waals surface area contributed by atoms with E-state index in [4.69, 9.17) is 17.3 Å². The van der Waals surface area contributed by atoms with E-state index in [-0.39, 0.29) is 0 Å². The summed E-state index contributed by atoms with van der Waals surface area (Å²) in [4.78, 5) is 0. The van der Waals surface area contributed by atoms with Crippen molar-refractivity contribution in [2.75, 3.05) is 13.1 Å². The number of fused-ring (bicyclic) bond motifs is 1. The van der Waals surface area contributed by atoms with Crippen molar-refractivity contribution in [1.82, 2.24) is 5.32 Å². The molecule has 0 spiro atoms. The summed E-state index contributed by atoms with van der Waals surface area (Å²) in [5.41, 5.74) is 8.32. The zero-order valence-corrected chi connectivity index (χ0v) is 10.3. The van der Waals surface area contributed by atoms with E-state index in [0.29, 0.717) is 6.04 Å². The van der Waals surface area contributed by atoms with Crippen LogP contribution in [0.25, 0.3) is 0 Å². The summed E-state index contributed by atoms with van der Waals surface area (Å²) in [6, 6.07) is 6.82. The predicted molar refractivity (Wildman–Crippen MR) is 68.9 cm³/mol. The van der Waals surface area contributed by atoms with Crippen LogP contribution in [-0.4, -0.2) is 19.1 Å². The molecule has 3 heteroatoms. The summed E-state index contributed by atoms with van der Waals surface area (Å²) in [5.74, 6) is 0. The molecule has 0 aliphatic heterocycles. The number of benzene rings is 1. The lowest BCUT2D eigenvalue weighted by Gasteiger charge is -2.11. The van der Waals surface area contributed by atoms with E-state index < -0.39 is 0 Å². The summed E-state index contributed by atoms with van der Waals surface area (Å²) in [7, 11) is 0. The molecule has 2 rings (SSSR count). The van der Waals surface area contributed by atoms with Gasteiger partial charge in [0, 0.05) is 11.1 Å². The molecule has 0 radical (unpaired) electrons. The third-order valence-corrected chi connectivity index (χ3v) is 3.40. The Bertz CT molecular complexity index is 352. The van der Waals surface area contributed by atoms with Crippen molar-refractivity contribution in [2.45, 2.75) is 31.7 Å². The van der Waals surface area contributed by atoms with Crippen molar-refractivity contribution in [3.8, 4) is 0 Å². The molecule has 0 fully saturated rings. The number of nitrogens with one attached hydrogen (secondary N) is 1. The van der Waals surface area contributed by atoms with Gasteiger partial charge >= 0.3 is 0 Å². The van der Waals surface area contributed by atoms with Gasteiger partial charge in [0.15, 0.2) is 0 Å². The van der Waals surface area contributed by atoms with Gasteiger partial charge in [-0.25, -0.2) is 0 Å². The van der Waals surface area contributed by atoms with Crippen LogP contribution >= 0.6 is 11.6 Å². The quantitative estimate of drug-likeness (QED) is 0.772. The second-order valence-corrected chi connectivity index (χ2v) is 4.90. The molecule has 0 saturated carbocycles. The number of nitrogens with two attached hydrogens (primary N) is 1. The predicted octanol–water partition coefficient (Wildman–Crippen LogP) is 2.14. The maximum atomic E-state index is 5.98. The molecule has 1 atom stereocenters. The van der Waals surface area contributed by atoms with Crippen molar-refractivity contribution in [3.05, 3.63) is 34.3 Å². The SMILES string of the molecule is NCCCCNC1Cc2ccc(Cl)cc2C1. The van der Waals surface area contributed by atoms with Crippen molar-refractivity contribution >= 4 is 11.6 Å². The Morgan fingerprint density at radius 2 is 2.06 bits per heavy atom. The first-order chi connectivity index (χ1) is 7.79. The van der Waals surface area contributed by atoms with Crippen LogP contribution in [0.5, 0.6) is 0 Å². The summed E-state index contributed by atoms with van der Waals surface area (Å²) < 4.78 is 0. The Morgan fingerprint density at radius 3 is 2.88 bits per heavy atom.